The number of carbonyl (C=O) groups is 2. The van der Waals surface area contributed by atoms with E-state index in [2.05, 4.69) is 18.2 Å². The maximum atomic E-state index is 13.2. The third-order valence-corrected chi connectivity index (χ3v) is 9.21. The van der Waals surface area contributed by atoms with Crippen LogP contribution in [-0.2, 0) is 16.8 Å². The van der Waals surface area contributed by atoms with Gasteiger partial charge in [-0.3, -0.25) is 14.5 Å². The van der Waals surface area contributed by atoms with E-state index in [4.69, 9.17) is 4.74 Å². The van der Waals surface area contributed by atoms with Crippen molar-refractivity contribution in [3.8, 4) is 5.75 Å². The molecule has 0 spiro atoms. The molecule has 5 heteroatoms. The Bertz CT molecular complexity index is 1120. The Kier molecular flexibility index (Phi) is 5.56. The van der Waals surface area contributed by atoms with E-state index in [1.165, 1.54) is 49.0 Å². The van der Waals surface area contributed by atoms with Crippen molar-refractivity contribution in [3.63, 3.8) is 0 Å². The van der Waals surface area contributed by atoms with Crippen LogP contribution in [0.4, 0.5) is 4.79 Å². The molecule has 7 rings (SSSR count). The molecule has 0 radical (unpaired) electrons. The van der Waals surface area contributed by atoms with E-state index in [-0.39, 0.29) is 16.6 Å². The third-order valence-electron chi connectivity index (χ3n) is 8.30. The van der Waals surface area contributed by atoms with E-state index in [0.29, 0.717) is 18.1 Å². The van der Waals surface area contributed by atoms with Crippen molar-refractivity contribution in [1.29, 1.82) is 0 Å². The number of hydrogen-bond acceptors (Lipinski definition) is 4. The van der Waals surface area contributed by atoms with E-state index in [9.17, 15) is 9.59 Å². The van der Waals surface area contributed by atoms with Gasteiger partial charge in [-0.15, -0.1) is 0 Å². The fourth-order valence-corrected chi connectivity index (χ4v) is 8.11. The van der Waals surface area contributed by atoms with Crippen LogP contribution in [0, 0.1) is 17.8 Å². The molecule has 5 fully saturated rings. The van der Waals surface area contributed by atoms with Gasteiger partial charge in [-0.25, -0.2) is 0 Å². The van der Waals surface area contributed by atoms with Gasteiger partial charge in [-0.05, 0) is 110 Å². The maximum absolute atomic E-state index is 13.2. The van der Waals surface area contributed by atoms with Crippen LogP contribution in [0.1, 0.15) is 62.1 Å². The molecule has 4 aliphatic carbocycles. The molecule has 0 N–H and O–H groups in total. The third kappa shape index (κ3) is 3.88. The Morgan fingerprint density at radius 1 is 1.00 bits per heavy atom. The summed E-state index contributed by atoms with van der Waals surface area (Å²) in [6, 6.07) is 16.3. The lowest BCUT2D eigenvalue weighted by Gasteiger charge is -2.57. The zero-order valence-corrected chi connectivity index (χ0v) is 20.5. The largest absolute Gasteiger partial charge is 0.493 e. The molecule has 5 aliphatic rings. The van der Waals surface area contributed by atoms with E-state index in [0.717, 1.165) is 46.4 Å². The number of hydrogen-bond donors (Lipinski definition) is 0. The van der Waals surface area contributed by atoms with Crippen molar-refractivity contribution < 1.29 is 14.3 Å². The molecule has 4 nitrogen and oxygen atoms in total. The molecule has 2 aromatic rings. The number of nitrogens with zero attached hydrogens (tertiary/aromatic N) is 1. The molecule has 1 aliphatic heterocycles. The minimum atomic E-state index is -0.221. The van der Waals surface area contributed by atoms with E-state index < -0.39 is 0 Å². The quantitative estimate of drug-likeness (QED) is 0.433. The zero-order valence-electron chi connectivity index (χ0n) is 19.7. The molecule has 0 unspecified atom stereocenters. The Hall–Kier alpha value is -2.53. The van der Waals surface area contributed by atoms with Gasteiger partial charge in [0.05, 0.1) is 18.1 Å². The average Bonchev–Trinajstić information content (AvgIpc) is 3.07. The summed E-state index contributed by atoms with van der Waals surface area (Å²) < 4.78 is 5.94. The highest BCUT2D eigenvalue weighted by atomic mass is 32.2. The second-order valence-electron chi connectivity index (χ2n) is 10.6. The van der Waals surface area contributed by atoms with Crippen LogP contribution in [0.5, 0.6) is 5.75 Å². The normalized spacial score (nSPS) is 31.0. The lowest BCUT2D eigenvalue weighted by molar-refractivity contribution is -0.123. The van der Waals surface area contributed by atoms with Gasteiger partial charge >= 0.3 is 0 Å². The number of amides is 2. The highest BCUT2D eigenvalue weighted by Crippen LogP contribution is 2.61. The molecule has 0 atom stereocenters. The Morgan fingerprint density at radius 3 is 2.32 bits per heavy atom. The van der Waals surface area contributed by atoms with E-state index in [1.807, 2.05) is 43.3 Å². The predicted molar refractivity (Wildman–Crippen MR) is 135 cm³/mol. The second kappa shape index (κ2) is 8.60. The summed E-state index contributed by atoms with van der Waals surface area (Å²) in [4.78, 5) is 27.7. The van der Waals surface area contributed by atoms with Crippen LogP contribution in [0.2, 0.25) is 0 Å². The SMILES string of the molecule is CCOc1ccc(C23CC4CC(CC(C4)C2)C3)cc1/C=C1/SC(=O)N(Cc2ccccc2)C1=O. The number of ether oxygens (including phenoxy) is 1. The van der Waals surface area contributed by atoms with Gasteiger partial charge in [-0.1, -0.05) is 36.4 Å². The van der Waals surface area contributed by atoms with Gasteiger partial charge in [0.15, 0.2) is 0 Å². The Balaban J connectivity index is 1.32. The molecular weight excluding hydrogens is 442 g/mol. The molecule has 4 bridgehead atoms. The highest BCUT2D eigenvalue weighted by molar-refractivity contribution is 8.18. The van der Waals surface area contributed by atoms with Crippen LogP contribution in [0.15, 0.2) is 53.4 Å². The molecule has 2 aromatic carbocycles. The molecule has 34 heavy (non-hydrogen) atoms. The standard InChI is InChI=1S/C29H31NO3S/c1-2-33-25-9-8-24(29-15-20-10-21(16-29)12-22(11-20)17-29)13-23(25)14-26-27(31)30(28(32)34-26)18-19-6-4-3-5-7-19/h3-9,13-14,20-22H,2,10-12,15-18H2,1H3/b26-14+. The Labute approximate surface area is 205 Å². The van der Waals surface area contributed by atoms with Crippen LogP contribution in [-0.4, -0.2) is 22.7 Å². The minimum absolute atomic E-state index is 0.213. The number of benzene rings is 2. The molecule has 176 valence electrons. The van der Waals surface area contributed by atoms with Gasteiger partial charge < -0.3 is 4.74 Å². The van der Waals surface area contributed by atoms with Crippen molar-refractivity contribution in [2.45, 2.75) is 57.4 Å². The molecule has 1 saturated heterocycles. The van der Waals surface area contributed by atoms with Crippen molar-refractivity contribution in [1.82, 2.24) is 4.90 Å². The van der Waals surface area contributed by atoms with Crippen molar-refractivity contribution in [2.24, 2.45) is 17.8 Å². The number of carbonyl (C=O) groups excluding carboxylic acids is 2. The molecule has 4 saturated carbocycles. The summed E-state index contributed by atoms with van der Waals surface area (Å²) in [5, 5.41) is -0.213. The second-order valence-corrected chi connectivity index (χ2v) is 11.6. The lowest BCUT2D eigenvalue weighted by atomic mass is 9.48. The van der Waals surface area contributed by atoms with Crippen molar-refractivity contribution >= 4 is 29.0 Å². The predicted octanol–water partition coefficient (Wildman–Crippen LogP) is 6.79. The van der Waals surface area contributed by atoms with Crippen molar-refractivity contribution in [2.75, 3.05) is 6.61 Å². The number of rotatable bonds is 6. The fourth-order valence-electron chi connectivity index (χ4n) is 7.29. The number of imide groups is 1. The Morgan fingerprint density at radius 2 is 1.68 bits per heavy atom. The zero-order chi connectivity index (χ0) is 23.3. The first-order valence-electron chi connectivity index (χ1n) is 12.6. The summed E-state index contributed by atoms with van der Waals surface area (Å²) in [6.07, 6.45) is 10.00. The summed E-state index contributed by atoms with van der Waals surface area (Å²) in [7, 11) is 0. The van der Waals surface area contributed by atoms with Crippen LogP contribution >= 0.6 is 11.8 Å². The highest BCUT2D eigenvalue weighted by Gasteiger charge is 2.51. The van der Waals surface area contributed by atoms with Gasteiger partial charge in [0.25, 0.3) is 11.1 Å². The van der Waals surface area contributed by atoms with Gasteiger partial charge in [0.2, 0.25) is 0 Å². The summed E-state index contributed by atoms with van der Waals surface area (Å²) in [5.74, 6) is 3.18. The lowest BCUT2D eigenvalue weighted by Crippen LogP contribution is -2.48. The number of thioether (sulfide) groups is 1. The van der Waals surface area contributed by atoms with Gasteiger partial charge in [-0.2, -0.15) is 0 Å². The monoisotopic (exact) mass is 473 g/mol. The summed E-state index contributed by atoms with van der Waals surface area (Å²) >= 11 is 1.03. The van der Waals surface area contributed by atoms with Crippen LogP contribution in [0.25, 0.3) is 6.08 Å². The van der Waals surface area contributed by atoms with E-state index >= 15 is 0 Å². The maximum Gasteiger partial charge on any atom is 0.293 e. The molecule has 0 aromatic heterocycles. The van der Waals surface area contributed by atoms with E-state index in [1.54, 1.807) is 0 Å². The molecule has 2 amide bonds. The smallest absolute Gasteiger partial charge is 0.293 e. The summed E-state index contributed by atoms with van der Waals surface area (Å²) in [5.41, 5.74) is 3.53. The van der Waals surface area contributed by atoms with Gasteiger partial charge in [0, 0.05) is 5.56 Å². The minimum Gasteiger partial charge on any atom is -0.493 e. The first-order chi connectivity index (χ1) is 16.5. The molecular formula is C29H31NO3S. The fraction of sp³-hybridized carbons (Fsp3) is 0.448. The van der Waals surface area contributed by atoms with Crippen molar-refractivity contribution in [3.05, 3.63) is 70.1 Å². The van der Waals surface area contributed by atoms with Crippen LogP contribution in [0.3, 0.4) is 0 Å². The summed E-state index contributed by atoms with van der Waals surface area (Å²) in [6.45, 7) is 2.84. The van der Waals surface area contributed by atoms with Crippen LogP contribution < -0.4 is 4.74 Å². The first-order valence-corrected chi connectivity index (χ1v) is 13.4. The molecule has 1 heterocycles. The van der Waals surface area contributed by atoms with Gasteiger partial charge in [0.1, 0.15) is 5.75 Å². The topological polar surface area (TPSA) is 46.6 Å². The average molecular weight is 474 g/mol. The first kappa shape index (κ1) is 22.0.